The molecule has 0 fully saturated rings. The number of carbonyl (C=O) groups excluding carboxylic acids is 1. The molecule has 0 unspecified atom stereocenters. The van der Waals surface area contributed by atoms with Crippen LogP contribution in [0.15, 0.2) is 30.4 Å². The van der Waals surface area contributed by atoms with Crippen molar-refractivity contribution in [2.45, 2.75) is 78.1 Å². The van der Waals surface area contributed by atoms with Crippen LogP contribution in [0.1, 0.15) is 77.2 Å². The molecule has 1 aromatic rings. The molecule has 0 aliphatic carbocycles. The molecule has 0 spiro atoms. The van der Waals surface area contributed by atoms with Gasteiger partial charge in [-0.15, -0.1) is 0 Å². The summed E-state index contributed by atoms with van der Waals surface area (Å²) in [6.07, 6.45) is 14.6. The molecule has 0 aromatic heterocycles. The molecule has 0 bridgehead atoms. The fraction of sp³-hybridized carbons (Fsp3) is 0.591. The Morgan fingerprint density at radius 2 is 1.80 bits per heavy atom. The molecule has 3 heteroatoms. The molecule has 140 valence electrons. The third kappa shape index (κ3) is 9.96. The Bertz CT molecular complexity index is 520. The largest absolute Gasteiger partial charge is 0.504 e. The first kappa shape index (κ1) is 21.3. The van der Waals surface area contributed by atoms with Crippen molar-refractivity contribution in [2.75, 3.05) is 6.61 Å². The third-order valence-electron chi connectivity index (χ3n) is 4.25. The molecule has 1 aromatic carbocycles. The highest BCUT2D eigenvalue weighted by atomic mass is 16.5. The van der Waals surface area contributed by atoms with Crippen molar-refractivity contribution < 1.29 is 14.6 Å². The first-order chi connectivity index (χ1) is 12.2. The highest BCUT2D eigenvalue weighted by Gasteiger charge is 2.03. The second kappa shape index (κ2) is 13.5. The van der Waals surface area contributed by atoms with E-state index < -0.39 is 0 Å². The summed E-state index contributed by atoms with van der Waals surface area (Å²) in [4.78, 5) is 11.8. The van der Waals surface area contributed by atoms with Crippen LogP contribution in [0.2, 0.25) is 0 Å². The lowest BCUT2D eigenvalue weighted by Gasteiger charge is -2.07. The van der Waals surface area contributed by atoms with Gasteiger partial charge in [0.05, 0.1) is 6.61 Å². The number of allylic oxidation sites excluding steroid dienone is 2. The van der Waals surface area contributed by atoms with E-state index >= 15 is 0 Å². The summed E-state index contributed by atoms with van der Waals surface area (Å²) in [6.45, 7) is 4.65. The van der Waals surface area contributed by atoms with Crippen molar-refractivity contribution in [1.82, 2.24) is 0 Å². The van der Waals surface area contributed by atoms with Crippen molar-refractivity contribution in [3.63, 3.8) is 0 Å². The van der Waals surface area contributed by atoms with Crippen LogP contribution in [0.5, 0.6) is 11.5 Å². The maximum atomic E-state index is 11.8. The molecule has 0 aliphatic rings. The van der Waals surface area contributed by atoms with Crippen molar-refractivity contribution >= 4 is 5.78 Å². The Morgan fingerprint density at radius 3 is 2.52 bits per heavy atom. The first-order valence-electron chi connectivity index (χ1n) is 9.81. The SMILES string of the molecule is CCCCCCCCCC(=O)C=CCCc1ccc(O)c(OCC)c1. The Morgan fingerprint density at radius 1 is 1.08 bits per heavy atom. The summed E-state index contributed by atoms with van der Waals surface area (Å²) in [5.74, 6) is 0.930. The van der Waals surface area contributed by atoms with E-state index in [0.717, 1.165) is 31.2 Å². The number of ketones is 1. The lowest BCUT2D eigenvalue weighted by molar-refractivity contribution is -0.114. The number of benzene rings is 1. The van der Waals surface area contributed by atoms with Gasteiger partial charge >= 0.3 is 0 Å². The molecule has 0 heterocycles. The number of ether oxygens (including phenoxy) is 1. The van der Waals surface area contributed by atoms with Gasteiger partial charge in [0, 0.05) is 6.42 Å². The molecular weight excluding hydrogens is 312 g/mol. The summed E-state index contributed by atoms with van der Waals surface area (Å²) < 4.78 is 5.39. The Kier molecular flexibility index (Phi) is 11.5. The predicted octanol–water partition coefficient (Wildman–Crippen LogP) is 5.99. The zero-order valence-electron chi connectivity index (χ0n) is 15.9. The van der Waals surface area contributed by atoms with Gasteiger partial charge in [0.2, 0.25) is 0 Å². The molecule has 0 saturated heterocycles. The van der Waals surface area contributed by atoms with Gasteiger partial charge < -0.3 is 9.84 Å². The second-order valence-corrected chi connectivity index (χ2v) is 6.51. The van der Waals surface area contributed by atoms with E-state index in [0.29, 0.717) is 18.8 Å². The highest BCUT2D eigenvalue weighted by Crippen LogP contribution is 2.27. The van der Waals surface area contributed by atoms with Gasteiger partial charge in [-0.1, -0.05) is 57.6 Å². The Labute approximate surface area is 153 Å². The molecule has 25 heavy (non-hydrogen) atoms. The van der Waals surface area contributed by atoms with E-state index in [2.05, 4.69) is 6.92 Å². The Hall–Kier alpha value is -1.77. The summed E-state index contributed by atoms with van der Waals surface area (Å²) in [5, 5.41) is 9.69. The second-order valence-electron chi connectivity index (χ2n) is 6.51. The van der Waals surface area contributed by atoms with Crippen LogP contribution in [0.25, 0.3) is 0 Å². The normalized spacial score (nSPS) is 11.1. The van der Waals surface area contributed by atoms with E-state index in [1.807, 2.05) is 25.1 Å². The van der Waals surface area contributed by atoms with E-state index in [4.69, 9.17) is 4.74 Å². The van der Waals surface area contributed by atoms with Crippen molar-refractivity contribution in [3.8, 4) is 11.5 Å². The molecule has 1 N–H and O–H groups in total. The van der Waals surface area contributed by atoms with Gasteiger partial charge in [0.15, 0.2) is 17.3 Å². The summed E-state index contributed by atoms with van der Waals surface area (Å²) in [7, 11) is 0. The van der Waals surface area contributed by atoms with Gasteiger partial charge in [-0.2, -0.15) is 0 Å². The topological polar surface area (TPSA) is 46.5 Å². The number of aryl methyl sites for hydroxylation is 1. The van der Waals surface area contributed by atoms with E-state index in [1.54, 1.807) is 12.1 Å². The van der Waals surface area contributed by atoms with Gasteiger partial charge in [0.1, 0.15) is 0 Å². The standard InChI is InChI=1S/C22H34O3/c1-3-5-6-7-8-9-10-14-20(23)15-12-11-13-19-16-17-21(24)22(18-19)25-4-2/h12,15-18,24H,3-11,13-14H2,1-2H3. The zero-order valence-corrected chi connectivity index (χ0v) is 15.9. The van der Waals surface area contributed by atoms with Crippen LogP contribution >= 0.6 is 0 Å². The van der Waals surface area contributed by atoms with Gasteiger partial charge in [-0.25, -0.2) is 0 Å². The fourth-order valence-corrected chi connectivity index (χ4v) is 2.79. The van der Waals surface area contributed by atoms with Gasteiger partial charge in [-0.05, 0) is 50.0 Å². The predicted molar refractivity (Wildman–Crippen MR) is 104 cm³/mol. The summed E-state index contributed by atoms with van der Waals surface area (Å²) in [6, 6.07) is 5.43. The molecular formula is C22H34O3. The molecule has 0 amide bonds. The Balaban J connectivity index is 2.18. The van der Waals surface area contributed by atoms with Crippen LogP contribution in [-0.2, 0) is 11.2 Å². The summed E-state index contributed by atoms with van der Waals surface area (Å²) >= 11 is 0. The number of rotatable bonds is 14. The molecule has 1 rings (SSSR count). The third-order valence-corrected chi connectivity index (χ3v) is 4.25. The van der Waals surface area contributed by atoms with Crippen molar-refractivity contribution in [3.05, 3.63) is 35.9 Å². The lowest BCUT2D eigenvalue weighted by Crippen LogP contribution is -1.94. The maximum absolute atomic E-state index is 11.8. The van der Waals surface area contributed by atoms with Crippen LogP contribution in [0, 0.1) is 0 Å². The van der Waals surface area contributed by atoms with Crippen LogP contribution < -0.4 is 4.74 Å². The van der Waals surface area contributed by atoms with Crippen LogP contribution in [0.4, 0.5) is 0 Å². The van der Waals surface area contributed by atoms with E-state index in [9.17, 15) is 9.90 Å². The maximum Gasteiger partial charge on any atom is 0.161 e. The molecule has 0 atom stereocenters. The van der Waals surface area contributed by atoms with Crippen molar-refractivity contribution in [2.24, 2.45) is 0 Å². The minimum absolute atomic E-state index is 0.172. The molecule has 0 saturated carbocycles. The van der Waals surface area contributed by atoms with E-state index in [1.165, 1.54) is 32.1 Å². The number of carbonyl (C=O) groups is 1. The van der Waals surface area contributed by atoms with Crippen molar-refractivity contribution in [1.29, 1.82) is 0 Å². The number of hydrogen-bond acceptors (Lipinski definition) is 3. The lowest BCUT2D eigenvalue weighted by atomic mass is 10.1. The quantitative estimate of drug-likeness (QED) is 0.332. The number of unbranched alkanes of at least 4 members (excludes halogenated alkanes) is 6. The number of phenolic OH excluding ortho intramolecular Hbond substituents is 1. The molecule has 3 nitrogen and oxygen atoms in total. The number of hydrogen-bond donors (Lipinski definition) is 1. The van der Waals surface area contributed by atoms with E-state index in [-0.39, 0.29) is 11.5 Å². The number of phenols is 1. The molecule has 0 radical (unpaired) electrons. The monoisotopic (exact) mass is 346 g/mol. The average Bonchev–Trinajstić information content (AvgIpc) is 2.61. The minimum Gasteiger partial charge on any atom is -0.504 e. The molecule has 0 aliphatic heterocycles. The van der Waals surface area contributed by atoms with Crippen LogP contribution in [-0.4, -0.2) is 17.5 Å². The highest BCUT2D eigenvalue weighted by molar-refractivity contribution is 5.89. The minimum atomic E-state index is 0.172. The zero-order chi connectivity index (χ0) is 18.3. The van der Waals surface area contributed by atoms with Gasteiger partial charge in [0.25, 0.3) is 0 Å². The first-order valence-corrected chi connectivity index (χ1v) is 9.81. The number of aromatic hydroxyl groups is 1. The smallest absolute Gasteiger partial charge is 0.161 e. The van der Waals surface area contributed by atoms with Gasteiger partial charge in [-0.3, -0.25) is 4.79 Å². The van der Waals surface area contributed by atoms with Crippen LogP contribution in [0.3, 0.4) is 0 Å². The summed E-state index contributed by atoms with van der Waals surface area (Å²) in [5.41, 5.74) is 1.10. The average molecular weight is 347 g/mol. The fourth-order valence-electron chi connectivity index (χ4n) is 2.79.